The van der Waals surface area contributed by atoms with Crippen molar-refractivity contribution in [2.75, 3.05) is 13.1 Å². The fraction of sp³-hybridized carbons (Fsp3) is 0.600. The van der Waals surface area contributed by atoms with E-state index in [0.717, 1.165) is 37.1 Å². The first-order valence-corrected chi connectivity index (χ1v) is 6.49. The van der Waals surface area contributed by atoms with Crippen LogP contribution in [0.4, 0.5) is 4.39 Å². The quantitative estimate of drug-likeness (QED) is 0.827. The first-order valence-electron chi connectivity index (χ1n) is 6.49. The Kier molecular flexibility index (Phi) is 3.53. The smallest absolute Gasteiger partial charge is 0.137 e. The number of hydrogen-bond donors (Lipinski definition) is 1. The predicted molar refractivity (Wildman–Crippen MR) is 70.0 cm³/mol. The van der Waals surface area contributed by atoms with Crippen LogP contribution in [0, 0.1) is 19.8 Å². The van der Waals surface area contributed by atoms with Crippen LogP contribution in [0.5, 0.6) is 0 Å². The van der Waals surface area contributed by atoms with Gasteiger partial charge in [0, 0.05) is 12.5 Å². The van der Waals surface area contributed by atoms with Crippen LogP contribution >= 0.6 is 0 Å². The molecule has 1 aromatic carbocycles. The average Bonchev–Trinajstić information content (AvgIpc) is 2.29. The molecule has 2 atom stereocenters. The molecule has 2 heteroatoms. The highest BCUT2D eigenvalue weighted by molar-refractivity contribution is 5.35. The second-order valence-corrected chi connectivity index (χ2v) is 5.44. The van der Waals surface area contributed by atoms with E-state index in [4.69, 9.17) is 0 Å². The van der Waals surface area contributed by atoms with Gasteiger partial charge >= 0.3 is 0 Å². The van der Waals surface area contributed by atoms with Crippen molar-refractivity contribution in [1.29, 1.82) is 0 Å². The summed E-state index contributed by atoms with van der Waals surface area (Å²) in [5.74, 6) is 0.0951. The molecule has 17 heavy (non-hydrogen) atoms. The number of rotatable bonds is 2. The highest BCUT2D eigenvalue weighted by atomic mass is 19.1. The Morgan fingerprint density at radius 3 is 2.71 bits per heavy atom. The molecule has 1 aliphatic rings. The Labute approximate surface area is 103 Å². The first-order chi connectivity index (χ1) is 8.01. The van der Waals surface area contributed by atoms with E-state index in [9.17, 15) is 0 Å². The zero-order chi connectivity index (χ0) is 12.5. The topological polar surface area (TPSA) is 12.0 Å². The van der Waals surface area contributed by atoms with Gasteiger partial charge in [0.2, 0.25) is 0 Å². The van der Waals surface area contributed by atoms with Gasteiger partial charge < -0.3 is 5.32 Å². The van der Waals surface area contributed by atoms with E-state index < -0.39 is 5.67 Å². The monoisotopic (exact) mass is 235 g/mol. The van der Waals surface area contributed by atoms with Gasteiger partial charge in [-0.05, 0) is 51.3 Å². The van der Waals surface area contributed by atoms with Gasteiger partial charge in [0.25, 0.3) is 0 Å². The fourth-order valence-corrected chi connectivity index (χ4v) is 2.90. The van der Waals surface area contributed by atoms with Crippen molar-refractivity contribution in [2.45, 2.75) is 39.3 Å². The minimum absolute atomic E-state index is 0.0951. The minimum Gasteiger partial charge on any atom is -0.316 e. The zero-order valence-electron chi connectivity index (χ0n) is 11.0. The number of halogens is 1. The third-order valence-corrected chi connectivity index (χ3v) is 3.97. The average molecular weight is 235 g/mol. The molecule has 1 heterocycles. The summed E-state index contributed by atoms with van der Waals surface area (Å²) in [6.45, 7) is 7.62. The van der Waals surface area contributed by atoms with Gasteiger partial charge in [-0.15, -0.1) is 0 Å². The third-order valence-electron chi connectivity index (χ3n) is 3.97. The summed E-state index contributed by atoms with van der Waals surface area (Å²) in [5, 5.41) is 3.30. The molecule has 94 valence electrons. The van der Waals surface area contributed by atoms with Crippen molar-refractivity contribution in [3.63, 3.8) is 0 Å². The van der Waals surface area contributed by atoms with Crippen molar-refractivity contribution in [3.8, 4) is 0 Å². The Morgan fingerprint density at radius 1 is 1.35 bits per heavy atom. The maximum absolute atomic E-state index is 15.1. The molecular formula is C15H22FN. The summed E-state index contributed by atoms with van der Waals surface area (Å²) in [4.78, 5) is 0. The van der Waals surface area contributed by atoms with Gasteiger partial charge in [-0.3, -0.25) is 0 Å². The minimum atomic E-state index is -1.22. The van der Waals surface area contributed by atoms with Crippen molar-refractivity contribution >= 4 is 0 Å². The summed E-state index contributed by atoms with van der Waals surface area (Å²) in [7, 11) is 0. The molecule has 2 rings (SSSR count). The van der Waals surface area contributed by atoms with Gasteiger partial charge in [0.05, 0.1) is 0 Å². The van der Waals surface area contributed by atoms with Crippen LogP contribution < -0.4 is 5.32 Å². The van der Waals surface area contributed by atoms with Crippen LogP contribution in [-0.2, 0) is 5.67 Å². The van der Waals surface area contributed by atoms with Crippen molar-refractivity contribution in [2.24, 2.45) is 5.92 Å². The molecule has 1 nitrogen and oxygen atoms in total. The maximum Gasteiger partial charge on any atom is 0.137 e. The molecule has 1 aliphatic heterocycles. The highest BCUT2D eigenvalue weighted by Gasteiger charge is 2.37. The van der Waals surface area contributed by atoms with E-state index in [1.54, 1.807) is 6.92 Å². The molecule has 1 N–H and O–H groups in total. The van der Waals surface area contributed by atoms with Crippen molar-refractivity contribution in [3.05, 3.63) is 34.9 Å². The van der Waals surface area contributed by atoms with Crippen LogP contribution in [0.3, 0.4) is 0 Å². The van der Waals surface area contributed by atoms with Crippen LogP contribution in [0.15, 0.2) is 18.2 Å². The second kappa shape index (κ2) is 4.77. The molecule has 0 spiro atoms. The Hall–Kier alpha value is -0.890. The normalized spacial score (nSPS) is 24.4. The summed E-state index contributed by atoms with van der Waals surface area (Å²) >= 11 is 0. The van der Waals surface area contributed by atoms with Crippen LogP contribution in [-0.4, -0.2) is 13.1 Å². The molecule has 0 bridgehead atoms. The van der Waals surface area contributed by atoms with Gasteiger partial charge in [-0.25, -0.2) is 4.39 Å². The molecule has 1 saturated heterocycles. The molecule has 0 amide bonds. The number of hydrogen-bond acceptors (Lipinski definition) is 1. The summed E-state index contributed by atoms with van der Waals surface area (Å²) in [6.07, 6.45) is 2.06. The Balaban J connectivity index is 2.29. The third kappa shape index (κ3) is 2.52. The predicted octanol–water partition coefficient (Wildman–Crippen LogP) is 3.49. The Morgan fingerprint density at radius 2 is 2.12 bits per heavy atom. The second-order valence-electron chi connectivity index (χ2n) is 5.44. The van der Waals surface area contributed by atoms with E-state index in [1.165, 1.54) is 5.56 Å². The van der Waals surface area contributed by atoms with Gasteiger partial charge in [-0.1, -0.05) is 23.8 Å². The lowest BCUT2D eigenvalue weighted by Gasteiger charge is -2.35. The molecule has 2 unspecified atom stereocenters. The van der Waals surface area contributed by atoms with Crippen molar-refractivity contribution < 1.29 is 4.39 Å². The number of alkyl halides is 1. The summed E-state index contributed by atoms with van der Waals surface area (Å²) in [5.41, 5.74) is 1.91. The van der Waals surface area contributed by atoms with E-state index in [-0.39, 0.29) is 5.92 Å². The fourth-order valence-electron chi connectivity index (χ4n) is 2.90. The number of nitrogens with one attached hydrogen (secondary N) is 1. The zero-order valence-corrected chi connectivity index (χ0v) is 11.0. The highest BCUT2D eigenvalue weighted by Crippen LogP contribution is 2.38. The first kappa shape index (κ1) is 12.6. The number of benzene rings is 1. The van der Waals surface area contributed by atoms with Gasteiger partial charge in [0.1, 0.15) is 5.67 Å². The van der Waals surface area contributed by atoms with E-state index in [0.29, 0.717) is 0 Å². The number of piperidine rings is 1. The molecule has 0 aromatic heterocycles. The molecule has 1 fully saturated rings. The van der Waals surface area contributed by atoms with Crippen molar-refractivity contribution in [1.82, 2.24) is 5.32 Å². The van der Waals surface area contributed by atoms with E-state index >= 15 is 4.39 Å². The van der Waals surface area contributed by atoms with Crippen LogP contribution in [0.2, 0.25) is 0 Å². The van der Waals surface area contributed by atoms with E-state index in [2.05, 4.69) is 18.3 Å². The van der Waals surface area contributed by atoms with Gasteiger partial charge in [0.15, 0.2) is 0 Å². The van der Waals surface area contributed by atoms with E-state index in [1.807, 2.05) is 19.1 Å². The summed E-state index contributed by atoms with van der Waals surface area (Å²) < 4.78 is 15.1. The molecule has 0 saturated carbocycles. The molecule has 0 radical (unpaired) electrons. The lowest BCUT2D eigenvalue weighted by molar-refractivity contribution is 0.0805. The lowest BCUT2D eigenvalue weighted by Crippen LogP contribution is -2.40. The largest absolute Gasteiger partial charge is 0.316 e. The molecule has 1 aromatic rings. The standard InChI is InChI=1S/C15H22FN/c1-11-6-7-14(12(2)9-11)15(3,16)13-5-4-8-17-10-13/h6-7,9,13,17H,4-5,8,10H2,1-3H3. The van der Waals surface area contributed by atoms with Crippen LogP contribution in [0.25, 0.3) is 0 Å². The SMILES string of the molecule is Cc1ccc(C(C)(F)C2CCCNC2)c(C)c1. The molecular weight excluding hydrogens is 213 g/mol. The lowest BCUT2D eigenvalue weighted by atomic mass is 9.78. The summed E-state index contributed by atoms with van der Waals surface area (Å²) in [6, 6.07) is 6.04. The molecule has 0 aliphatic carbocycles. The van der Waals surface area contributed by atoms with Crippen LogP contribution in [0.1, 0.15) is 36.5 Å². The maximum atomic E-state index is 15.1. The number of aryl methyl sites for hydroxylation is 2. The van der Waals surface area contributed by atoms with Gasteiger partial charge in [-0.2, -0.15) is 0 Å². The Bertz CT molecular complexity index is 392.